The lowest BCUT2D eigenvalue weighted by atomic mass is 10.1. The maximum absolute atomic E-state index is 12.2. The van der Waals surface area contributed by atoms with Gasteiger partial charge in [0.25, 0.3) is 5.91 Å². The van der Waals surface area contributed by atoms with Crippen LogP contribution in [0.15, 0.2) is 30.5 Å². The summed E-state index contributed by atoms with van der Waals surface area (Å²) in [5.41, 5.74) is 2.91. The van der Waals surface area contributed by atoms with Crippen LogP contribution in [-0.4, -0.2) is 28.3 Å². The first-order valence-electron chi connectivity index (χ1n) is 7.86. The summed E-state index contributed by atoms with van der Waals surface area (Å²) in [4.78, 5) is 24.0. The first kappa shape index (κ1) is 17.5. The molecule has 7 nitrogen and oxygen atoms in total. The van der Waals surface area contributed by atoms with E-state index >= 15 is 0 Å². The van der Waals surface area contributed by atoms with Gasteiger partial charge in [0.2, 0.25) is 0 Å². The van der Waals surface area contributed by atoms with Crippen LogP contribution in [-0.2, 0) is 7.05 Å². The summed E-state index contributed by atoms with van der Waals surface area (Å²) in [5, 5.41) is 12.6. The average Bonchev–Trinajstić information content (AvgIpc) is 2.86. The highest BCUT2D eigenvalue weighted by Crippen LogP contribution is 2.16. The van der Waals surface area contributed by atoms with E-state index < -0.39 is 0 Å². The molecular weight excluding hydrogens is 306 g/mol. The molecule has 0 aliphatic heterocycles. The molecule has 0 saturated heterocycles. The van der Waals surface area contributed by atoms with E-state index in [1.54, 1.807) is 28.9 Å². The van der Waals surface area contributed by atoms with Gasteiger partial charge < -0.3 is 16.0 Å². The third kappa shape index (κ3) is 4.34. The summed E-state index contributed by atoms with van der Waals surface area (Å²) in [6.45, 7) is 6.21. The minimum Gasteiger partial charge on any atom is -0.352 e. The van der Waals surface area contributed by atoms with Gasteiger partial charge in [0.15, 0.2) is 0 Å². The van der Waals surface area contributed by atoms with Crippen LogP contribution in [0, 0.1) is 6.92 Å². The summed E-state index contributed by atoms with van der Waals surface area (Å²) >= 11 is 0. The van der Waals surface area contributed by atoms with E-state index in [1.165, 1.54) is 0 Å². The molecule has 0 saturated carbocycles. The largest absolute Gasteiger partial charge is 0.352 e. The van der Waals surface area contributed by atoms with Crippen LogP contribution >= 0.6 is 0 Å². The first-order chi connectivity index (χ1) is 11.4. The van der Waals surface area contributed by atoms with Crippen molar-refractivity contribution in [1.82, 2.24) is 20.4 Å². The summed E-state index contributed by atoms with van der Waals surface area (Å²) in [6.07, 6.45) is 1.88. The highest BCUT2D eigenvalue weighted by atomic mass is 16.2. The van der Waals surface area contributed by atoms with Crippen molar-refractivity contribution in [3.8, 4) is 0 Å². The van der Waals surface area contributed by atoms with Crippen LogP contribution in [0.25, 0.3) is 0 Å². The van der Waals surface area contributed by atoms with Crippen LogP contribution in [0.3, 0.4) is 0 Å². The number of rotatable bonds is 5. The predicted molar refractivity (Wildman–Crippen MR) is 93.0 cm³/mol. The Morgan fingerprint density at radius 2 is 2.08 bits per heavy atom. The Hall–Kier alpha value is -2.83. The molecule has 1 aromatic heterocycles. The molecule has 3 N–H and O–H groups in total. The minimum atomic E-state index is -0.334. The zero-order valence-electron chi connectivity index (χ0n) is 14.4. The number of hydrogen-bond donors (Lipinski definition) is 3. The zero-order chi connectivity index (χ0) is 17.7. The van der Waals surface area contributed by atoms with Gasteiger partial charge in [-0.2, -0.15) is 5.10 Å². The van der Waals surface area contributed by atoms with E-state index in [0.717, 1.165) is 11.3 Å². The molecule has 1 aromatic carbocycles. The Bertz CT molecular complexity index is 738. The lowest BCUT2D eigenvalue weighted by Crippen LogP contribution is -2.31. The quantitative estimate of drug-likeness (QED) is 0.787. The Kier molecular flexibility index (Phi) is 5.57. The van der Waals surface area contributed by atoms with Crippen molar-refractivity contribution >= 4 is 17.6 Å². The van der Waals surface area contributed by atoms with Crippen molar-refractivity contribution in [3.05, 3.63) is 47.3 Å². The standard InChI is InChI=1S/C17H23N5O2/c1-5-18-16(23)13-7-6-8-14(9-13)20-17(24)19-11(2)15-10-22(4)21-12(15)3/h6-11H,5H2,1-4H3,(H,18,23)(H2,19,20,24)/t11-/m1/s1. The number of hydrogen-bond acceptors (Lipinski definition) is 3. The summed E-state index contributed by atoms with van der Waals surface area (Å²) in [7, 11) is 1.84. The number of carbonyl (C=O) groups excluding carboxylic acids is 2. The van der Waals surface area contributed by atoms with Crippen molar-refractivity contribution in [2.24, 2.45) is 7.05 Å². The third-order valence-corrected chi connectivity index (χ3v) is 3.59. The lowest BCUT2D eigenvalue weighted by molar-refractivity contribution is 0.0956. The number of nitrogens with zero attached hydrogens (tertiary/aromatic N) is 2. The molecule has 2 aromatic rings. The van der Waals surface area contributed by atoms with Crippen LogP contribution in [0.1, 0.15) is 41.5 Å². The minimum absolute atomic E-state index is 0.166. The van der Waals surface area contributed by atoms with Crippen molar-refractivity contribution in [2.45, 2.75) is 26.8 Å². The van der Waals surface area contributed by atoms with Crippen LogP contribution in [0.4, 0.5) is 10.5 Å². The second kappa shape index (κ2) is 7.63. The average molecular weight is 329 g/mol. The van der Waals surface area contributed by atoms with Gasteiger partial charge >= 0.3 is 6.03 Å². The van der Waals surface area contributed by atoms with Gasteiger partial charge in [0.1, 0.15) is 0 Å². The molecule has 128 valence electrons. The molecule has 0 aliphatic rings. The molecule has 24 heavy (non-hydrogen) atoms. The van der Waals surface area contributed by atoms with Gasteiger partial charge in [-0.05, 0) is 39.0 Å². The molecule has 3 amide bonds. The molecule has 0 fully saturated rings. The van der Waals surface area contributed by atoms with E-state index in [2.05, 4.69) is 21.0 Å². The molecule has 0 aliphatic carbocycles. The Morgan fingerprint density at radius 3 is 2.71 bits per heavy atom. The van der Waals surface area contributed by atoms with Crippen LogP contribution < -0.4 is 16.0 Å². The van der Waals surface area contributed by atoms with E-state index in [-0.39, 0.29) is 18.0 Å². The molecule has 0 bridgehead atoms. The Labute approximate surface area is 141 Å². The molecular formula is C17H23N5O2. The number of aryl methyl sites for hydroxylation is 2. The monoisotopic (exact) mass is 329 g/mol. The molecule has 0 radical (unpaired) electrons. The van der Waals surface area contributed by atoms with Gasteiger partial charge in [0, 0.05) is 36.6 Å². The van der Waals surface area contributed by atoms with Gasteiger partial charge in [-0.1, -0.05) is 6.07 Å². The number of benzene rings is 1. The first-order valence-corrected chi connectivity index (χ1v) is 7.86. The van der Waals surface area contributed by atoms with Gasteiger partial charge in [0.05, 0.1) is 11.7 Å². The fourth-order valence-electron chi connectivity index (χ4n) is 2.49. The molecule has 0 spiro atoms. The fourth-order valence-corrected chi connectivity index (χ4v) is 2.49. The number of aromatic nitrogens is 2. The Morgan fingerprint density at radius 1 is 1.33 bits per heavy atom. The van der Waals surface area contributed by atoms with Gasteiger partial charge in [-0.25, -0.2) is 4.79 Å². The lowest BCUT2D eigenvalue weighted by Gasteiger charge is -2.14. The number of amides is 3. The van der Waals surface area contributed by atoms with Gasteiger partial charge in [-0.3, -0.25) is 9.48 Å². The zero-order valence-corrected chi connectivity index (χ0v) is 14.4. The molecule has 1 atom stereocenters. The highest BCUT2D eigenvalue weighted by molar-refractivity contribution is 5.96. The molecule has 0 unspecified atom stereocenters. The third-order valence-electron chi connectivity index (χ3n) is 3.59. The number of nitrogens with one attached hydrogen (secondary N) is 3. The van der Waals surface area contributed by atoms with Crippen molar-refractivity contribution in [2.75, 3.05) is 11.9 Å². The second-order valence-electron chi connectivity index (χ2n) is 5.60. The number of urea groups is 1. The van der Waals surface area contributed by atoms with E-state index in [4.69, 9.17) is 0 Å². The maximum Gasteiger partial charge on any atom is 0.319 e. The maximum atomic E-state index is 12.2. The normalized spacial score (nSPS) is 11.7. The molecule has 7 heteroatoms. The van der Waals surface area contributed by atoms with Crippen LogP contribution in [0.2, 0.25) is 0 Å². The second-order valence-corrected chi connectivity index (χ2v) is 5.60. The van der Waals surface area contributed by atoms with Crippen molar-refractivity contribution in [3.63, 3.8) is 0 Å². The van der Waals surface area contributed by atoms with Crippen molar-refractivity contribution < 1.29 is 9.59 Å². The van der Waals surface area contributed by atoms with Gasteiger partial charge in [-0.15, -0.1) is 0 Å². The SMILES string of the molecule is CCNC(=O)c1cccc(NC(=O)N[C@H](C)c2cn(C)nc2C)c1. The van der Waals surface area contributed by atoms with Crippen LogP contribution in [0.5, 0.6) is 0 Å². The topological polar surface area (TPSA) is 88.0 Å². The molecule has 2 rings (SSSR count). The van der Waals surface area contributed by atoms with E-state index in [9.17, 15) is 9.59 Å². The number of anilines is 1. The van der Waals surface area contributed by atoms with E-state index in [1.807, 2.05) is 34.0 Å². The van der Waals surface area contributed by atoms with E-state index in [0.29, 0.717) is 17.8 Å². The summed E-state index contributed by atoms with van der Waals surface area (Å²) in [6, 6.07) is 6.31. The smallest absolute Gasteiger partial charge is 0.319 e. The Balaban J connectivity index is 2.00. The van der Waals surface area contributed by atoms with Crippen molar-refractivity contribution in [1.29, 1.82) is 0 Å². The predicted octanol–water partition coefficient (Wildman–Crippen LogP) is 2.36. The highest BCUT2D eigenvalue weighted by Gasteiger charge is 2.14. The summed E-state index contributed by atoms with van der Waals surface area (Å²) < 4.78 is 1.72. The summed E-state index contributed by atoms with van der Waals surface area (Å²) in [5.74, 6) is -0.166. The number of carbonyl (C=O) groups is 2. The fraction of sp³-hybridized carbons (Fsp3) is 0.353. The molecule has 1 heterocycles.